The van der Waals surface area contributed by atoms with Crippen LogP contribution in [0.2, 0.25) is 0 Å². The van der Waals surface area contributed by atoms with Crippen LogP contribution in [-0.4, -0.2) is 15.4 Å². The van der Waals surface area contributed by atoms with Crippen LogP contribution in [0.5, 0.6) is 0 Å². The summed E-state index contributed by atoms with van der Waals surface area (Å²) in [6.07, 6.45) is -5.45. The molecule has 0 aliphatic heterocycles. The van der Waals surface area contributed by atoms with Gasteiger partial charge in [0.05, 0.1) is 5.69 Å². The Morgan fingerprint density at radius 2 is 1.87 bits per heavy atom. The van der Waals surface area contributed by atoms with Crippen LogP contribution in [0.1, 0.15) is 45.2 Å². The summed E-state index contributed by atoms with van der Waals surface area (Å²) in [7, 11) is 0. The Morgan fingerprint density at radius 3 is 2.35 bits per heavy atom. The molecule has 3 nitrogen and oxygen atoms in total. The molecule has 0 aliphatic rings. The van der Waals surface area contributed by atoms with Gasteiger partial charge in [0.15, 0.2) is 0 Å². The summed E-state index contributed by atoms with van der Waals surface area (Å²) in [6, 6.07) is 6.53. The molecule has 1 aromatic heterocycles. The number of carbonyl (C=O) groups is 1. The molecule has 0 amide bonds. The van der Waals surface area contributed by atoms with Crippen molar-refractivity contribution in [2.75, 3.05) is 0 Å². The molecule has 2 aromatic rings. The van der Waals surface area contributed by atoms with Crippen molar-refractivity contribution in [2.45, 2.75) is 32.1 Å². The van der Waals surface area contributed by atoms with Crippen molar-refractivity contribution in [3.8, 4) is 0 Å². The number of aromatic nitrogens is 1. The van der Waals surface area contributed by atoms with Gasteiger partial charge in [0.2, 0.25) is 0 Å². The molecule has 0 aliphatic carbocycles. The van der Waals surface area contributed by atoms with Crippen molar-refractivity contribution in [3.63, 3.8) is 0 Å². The van der Waals surface area contributed by atoms with E-state index in [0.29, 0.717) is 12.0 Å². The number of carboxylic acids is 1. The van der Waals surface area contributed by atoms with Crippen molar-refractivity contribution < 1.29 is 27.5 Å². The van der Waals surface area contributed by atoms with E-state index in [4.69, 9.17) is 5.11 Å². The van der Waals surface area contributed by atoms with Crippen molar-refractivity contribution in [3.05, 3.63) is 51.5 Å². The average molecular weight is 347 g/mol. The van der Waals surface area contributed by atoms with Gasteiger partial charge in [0, 0.05) is 0 Å². The molecular weight excluding hydrogens is 334 g/mol. The molecule has 0 bridgehead atoms. The fourth-order valence-corrected chi connectivity index (χ4v) is 2.90. The van der Waals surface area contributed by atoms with E-state index in [0.717, 1.165) is 5.56 Å². The van der Waals surface area contributed by atoms with Crippen molar-refractivity contribution >= 4 is 17.5 Å². The third-order valence-electron chi connectivity index (χ3n) is 3.32. The zero-order valence-electron chi connectivity index (χ0n) is 12.0. The van der Waals surface area contributed by atoms with Gasteiger partial charge in [-0.25, -0.2) is 9.18 Å². The molecule has 2 rings (SSSR count). The fraction of sp³-hybridized carbons (Fsp3) is 0.333. The molecule has 0 saturated carbocycles. The second-order valence-electron chi connectivity index (χ2n) is 4.99. The lowest BCUT2D eigenvalue weighted by Gasteiger charge is -2.06. The highest BCUT2D eigenvalue weighted by Gasteiger charge is 2.39. The van der Waals surface area contributed by atoms with E-state index in [1.165, 1.54) is 6.92 Å². The number of alkyl halides is 4. The molecular formula is C15H13F4NO2S. The lowest BCUT2D eigenvalue weighted by atomic mass is 10.0. The van der Waals surface area contributed by atoms with E-state index in [9.17, 15) is 22.4 Å². The zero-order valence-corrected chi connectivity index (χ0v) is 12.8. The molecule has 8 heteroatoms. The molecule has 1 aromatic carbocycles. The van der Waals surface area contributed by atoms with Crippen LogP contribution in [0.15, 0.2) is 24.3 Å². The Morgan fingerprint density at radius 1 is 1.26 bits per heavy atom. The van der Waals surface area contributed by atoms with Gasteiger partial charge >= 0.3 is 12.1 Å². The first-order chi connectivity index (χ1) is 10.7. The number of hydrogen-bond donors (Lipinski definition) is 1. The minimum atomic E-state index is -4.73. The first-order valence-corrected chi connectivity index (χ1v) is 7.49. The number of nitrogens with zero attached hydrogens (tertiary/aromatic N) is 1. The van der Waals surface area contributed by atoms with Crippen LogP contribution in [0.3, 0.4) is 0 Å². The van der Waals surface area contributed by atoms with Crippen molar-refractivity contribution in [1.82, 2.24) is 4.37 Å². The number of benzene rings is 1. The number of halogens is 4. The normalized spacial score (nSPS) is 13.1. The van der Waals surface area contributed by atoms with Crippen LogP contribution >= 0.6 is 11.5 Å². The minimum Gasteiger partial charge on any atom is -0.478 e. The highest BCUT2D eigenvalue weighted by Crippen LogP contribution is 2.36. The van der Waals surface area contributed by atoms with E-state index >= 15 is 0 Å². The first-order valence-electron chi connectivity index (χ1n) is 6.72. The molecule has 0 fully saturated rings. The maximum absolute atomic E-state index is 13.1. The Balaban J connectivity index is 2.17. The third-order valence-corrected chi connectivity index (χ3v) is 4.25. The Bertz CT molecular complexity index is 692. The summed E-state index contributed by atoms with van der Waals surface area (Å²) in [5, 5.41) is 9.02. The van der Waals surface area contributed by atoms with Crippen LogP contribution < -0.4 is 0 Å². The predicted octanol–water partition coefficient (Wildman–Crippen LogP) is 4.68. The molecule has 1 heterocycles. The lowest BCUT2D eigenvalue weighted by molar-refractivity contribution is -0.134. The SMILES string of the molecule is CC(F)c1ccc(CCc2nsc(C(F)(F)F)c2C(=O)O)cc1. The second kappa shape index (κ2) is 6.66. The summed E-state index contributed by atoms with van der Waals surface area (Å²) >= 11 is 0.148. The first kappa shape index (κ1) is 17.4. The number of aryl methyl sites for hydroxylation is 2. The van der Waals surface area contributed by atoms with Crippen molar-refractivity contribution in [1.29, 1.82) is 0 Å². The molecule has 1 N–H and O–H groups in total. The van der Waals surface area contributed by atoms with E-state index < -0.39 is 28.8 Å². The van der Waals surface area contributed by atoms with Crippen LogP contribution in [-0.2, 0) is 19.0 Å². The summed E-state index contributed by atoms with van der Waals surface area (Å²) in [5.41, 5.74) is 0.412. The van der Waals surface area contributed by atoms with Crippen LogP contribution in [0.25, 0.3) is 0 Å². The van der Waals surface area contributed by atoms with E-state index in [-0.39, 0.29) is 23.6 Å². The van der Waals surface area contributed by atoms with Gasteiger partial charge in [-0.1, -0.05) is 24.3 Å². The van der Waals surface area contributed by atoms with Crippen molar-refractivity contribution in [2.24, 2.45) is 0 Å². The molecule has 0 saturated heterocycles. The summed E-state index contributed by atoms with van der Waals surface area (Å²) in [4.78, 5) is 9.91. The van der Waals surface area contributed by atoms with Gasteiger partial charge in [0.25, 0.3) is 0 Å². The lowest BCUT2D eigenvalue weighted by Crippen LogP contribution is -2.11. The van der Waals surface area contributed by atoms with Crippen LogP contribution in [0.4, 0.5) is 17.6 Å². The van der Waals surface area contributed by atoms with Gasteiger partial charge in [0.1, 0.15) is 16.6 Å². The largest absolute Gasteiger partial charge is 0.478 e. The van der Waals surface area contributed by atoms with Gasteiger partial charge in [-0.2, -0.15) is 17.5 Å². The number of carboxylic acid groups (broad SMARTS) is 1. The van der Waals surface area contributed by atoms with Gasteiger partial charge in [-0.3, -0.25) is 0 Å². The van der Waals surface area contributed by atoms with Gasteiger partial charge in [-0.15, -0.1) is 0 Å². The van der Waals surface area contributed by atoms with Gasteiger partial charge < -0.3 is 5.11 Å². The maximum atomic E-state index is 13.1. The average Bonchev–Trinajstić information content (AvgIpc) is 2.89. The zero-order chi connectivity index (χ0) is 17.2. The van der Waals surface area contributed by atoms with E-state index in [1.807, 2.05) is 0 Å². The fourth-order valence-electron chi connectivity index (χ4n) is 2.12. The van der Waals surface area contributed by atoms with E-state index in [2.05, 4.69) is 4.37 Å². The molecule has 124 valence electrons. The number of hydrogen-bond acceptors (Lipinski definition) is 3. The Hall–Kier alpha value is -1.96. The minimum absolute atomic E-state index is 0.0682. The smallest absolute Gasteiger partial charge is 0.428 e. The quantitative estimate of drug-likeness (QED) is 0.799. The number of rotatable bonds is 5. The maximum Gasteiger partial charge on any atom is 0.428 e. The number of aromatic carboxylic acids is 1. The molecule has 1 atom stereocenters. The highest BCUT2D eigenvalue weighted by atomic mass is 32.1. The predicted molar refractivity (Wildman–Crippen MR) is 77.4 cm³/mol. The van der Waals surface area contributed by atoms with Crippen LogP contribution in [0, 0.1) is 0 Å². The summed E-state index contributed by atoms with van der Waals surface area (Å²) < 4.78 is 55.1. The molecule has 23 heavy (non-hydrogen) atoms. The molecule has 1 unspecified atom stereocenters. The standard InChI is InChI=1S/C15H13F4NO2S/c1-8(16)10-5-2-9(3-6-10)4-7-11-12(14(21)22)13(23-20-11)15(17,18)19/h2-3,5-6,8H,4,7H2,1H3,(H,21,22). The summed E-state index contributed by atoms with van der Waals surface area (Å²) in [5.74, 6) is -1.64. The third kappa shape index (κ3) is 4.07. The monoisotopic (exact) mass is 347 g/mol. The Labute approximate surface area is 133 Å². The Kier molecular flexibility index (Phi) is 5.03. The topological polar surface area (TPSA) is 50.2 Å². The molecule has 0 spiro atoms. The highest BCUT2D eigenvalue weighted by molar-refractivity contribution is 7.06. The second-order valence-corrected chi connectivity index (χ2v) is 5.77. The van der Waals surface area contributed by atoms with Gasteiger partial charge in [-0.05, 0) is 42.4 Å². The molecule has 0 radical (unpaired) electrons. The summed E-state index contributed by atoms with van der Waals surface area (Å²) in [6.45, 7) is 1.40. The van der Waals surface area contributed by atoms with E-state index in [1.54, 1.807) is 24.3 Å².